The maximum atomic E-state index is 12.1. The van der Waals surface area contributed by atoms with Gasteiger partial charge in [0.25, 0.3) is 10.0 Å². The summed E-state index contributed by atoms with van der Waals surface area (Å²) in [5.41, 5.74) is 0.410. The van der Waals surface area contributed by atoms with E-state index < -0.39 is 10.0 Å². The molecule has 0 fully saturated rings. The number of rotatable bonds is 3. The van der Waals surface area contributed by atoms with Crippen LogP contribution in [0.3, 0.4) is 0 Å². The third-order valence-corrected chi connectivity index (χ3v) is 3.94. The summed E-state index contributed by atoms with van der Waals surface area (Å²) in [6.45, 7) is 0.147. The molecule has 1 aliphatic heterocycles. The van der Waals surface area contributed by atoms with Gasteiger partial charge in [-0.1, -0.05) is 0 Å². The molecular formula is C12H10N2O4S. The van der Waals surface area contributed by atoms with Crippen LogP contribution in [0.5, 0.6) is 11.5 Å². The van der Waals surface area contributed by atoms with E-state index in [9.17, 15) is 8.42 Å². The van der Waals surface area contributed by atoms with Crippen molar-refractivity contribution < 1.29 is 17.9 Å². The average Bonchev–Trinajstić information content (AvgIpc) is 2.87. The third-order valence-electron chi connectivity index (χ3n) is 2.57. The highest BCUT2D eigenvalue weighted by molar-refractivity contribution is 7.92. The van der Waals surface area contributed by atoms with E-state index in [1.807, 2.05) is 0 Å². The van der Waals surface area contributed by atoms with Gasteiger partial charge in [-0.15, -0.1) is 0 Å². The predicted molar refractivity (Wildman–Crippen MR) is 67.6 cm³/mol. The number of aromatic nitrogens is 1. The summed E-state index contributed by atoms with van der Waals surface area (Å²) in [5, 5.41) is 0. The quantitative estimate of drug-likeness (QED) is 0.923. The SMILES string of the molecule is O=S(=O)(Nc1ccc2c(c1)OCO2)c1cccnc1. The predicted octanol–water partition coefficient (Wildman–Crippen LogP) is 1.61. The molecule has 7 heteroatoms. The average molecular weight is 278 g/mol. The number of nitrogens with one attached hydrogen (secondary N) is 1. The number of pyridine rings is 1. The van der Waals surface area contributed by atoms with Gasteiger partial charge in [-0.25, -0.2) is 8.42 Å². The van der Waals surface area contributed by atoms with Crippen LogP contribution in [0, 0.1) is 0 Å². The van der Waals surface area contributed by atoms with Crippen molar-refractivity contribution in [1.82, 2.24) is 4.98 Å². The summed E-state index contributed by atoms with van der Waals surface area (Å²) in [6, 6.07) is 7.89. The highest BCUT2D eigenvalue weighted by atomic mass is 32.2. The molecule has 3 rings (SSSR count). The van der Waals surface area contributed by atoms with Crippen LogP contribution in [0.1, 0.15) is 0 Å². The molecule has 0 saturated carbocycles. The number of hydrogen-bond acceptors (Lipinski definition) is 5. The van der Waals surface area contributed by atoms with Gasteiger partial charge in [-0.3, -0.25) is 9.71 Å². The second-order valence-electron chi connectivity index (χ2n) is 3.86. The molecule has 2 heterocycles. The van der Waals surface area contributed by atoms with E-state index in [0.29, 0.717) is 17.2 Å². The van der Waals surface area contributed by atoms with E-state index in [4.69, 9.17) is 9.47 Å². The number of anilines is 1. The summed E-state index contributed by atoms with van der Waals surface area (Å²) in [5.74, 6) is 1.12. The van der Waals surface area contributed by atoms with Crippen molar-refractivity contribution >= 4 is 15.7 Å². The summed E-state index contributed by atoms with van der Waals surface area (Å²) in [4.78, 5) is 3.89. The van der Waals surface area contributed by atoms with Crippen molar-refractivity contribution in [2.24, 2.45) is 0 Å². The van der Waals surface area contributed by atoms with Gasteiger partial charge in [0, 0.05) is 18.5 Å². The van der Waals surface area contributed by atoms with Gasteiger partial charge in [-0.2, -0.15) is 0 Å². The van der Waals surface area contributed by atoms with Crippen molar-refractivity contribution in [1.29, 1.82) is 0 Å². The summed E-state index contributed by atoms with van der Waals surface area (Å²) < 4.78 is 37.0. The Balaban J connectivity index is 1.89. The normalized spacial score (nSPS) is 13.3. The Morgan fingerprint density at radius 1 is 1.16 bits per heavy atom. The lowest BCUT2D eigenvalue weighted by molar-refractivity contribution is 0.174. The van der Waals surface area contributed by atoms with Crippen molar-refractivity contribution in [2.75, 3.05) is 11.5 Å². The van der Waals surface area contributed by atoms with Gasteiger partial charge in [0.2, 0.25) is 6.79 Å². The fourth-order valence-electron chi connectivity index (χ4n) is 1.68. The number of fused-ring (bicyclic) bond motifs is 1. The van der Waals surface area contributed by atoms with Crippen LogP contribution in [0.2, 0.25) is 0 Å². The Kier molecular flexibility index (Phi) is 2.75. The monoisotopic (exact) mass is 278 g/mol. The lowest BCUT2D eigenvalue weighted by Crippen LogP contribution is -2.12. The molecule has 0 spiro atoms. The van der Waals surface area contributed by atoms with Crippen LogP contribution in [0.25, 0.3) is 0 Å². The number of ether oxygens (including phenoxy) is 2. The molecule has 19 heavy (non-hydrogen) atoms. The van der Waals surface area contributed by atoms with Crippen LogP contribution < -0.4 is 14.2 Å². The second-order valence-corrected chi connectivity index (χ2v) is 5.54. The minimum Gasteiger partial charge on any atom is -0.454 e. The minimum absolute atomic E-state index is 0.104. The van der Waals surface area contributed by atoms with E-state index in [-0.39, 0.29) is 11.7 Å². The Bertz CT molecular complexity index is 701. The molecule has 0 saturated heterocycles. The number of sulfonamides is 1. The molecule has 6 nitrogen and oxygen atoms in total. The van der Waals surface area contributed by atoms with Crippen LogP contribution in [-0.2, 0) is 10.0 Å². The number of benzene rings is 1. The maximum absolute atomic E-state index is 12.1. The lowest BCUT2D eigenvalue weighted by Gasteiger charge is -2.08. The third kappa shape index (κ3) is 2.32. The summed E-state index contributed by atoms with van der Waals surface area (Å²) >= 11 is 0. The molecular weight excluding hydrogens is 268 g/mol. The maximum Gasteiger partial charge on any atom is 0.263 e. The zero-order chi connectivity index (χ0) is 13.3. The van der Waals surface area contributed by atoms with Crippen LogP contribution in [0.15, 0.2) is 47.6 Å². The van der Waals surface area contributed by atoms with Crippen molar-refractivity contribution in [3.63, 3.8) is 0 Å². The molecule has 0 amide bonds. The standard InChI is InChI=1S/C12H10N2O4S/c15-19(16,10-2-1-5-13-7-10)14-9-3-4-11-12(6-9)18-8-17-11/h1-7,14H,8H2. The number of nitrogens with zero attached hydrogens (tertiary/aromatic N) is 1. The van der Waals surface area contributed by atoms with Crippen LogP contribution in [0.4, 0.5) is 5.69 Å². The zero-order valence-corrected chi connectivity index (χ0v) is 10.6. The molecule has 0 aliphatic carbocycles. The smallest absolute Gasteiger partial charge is 0.263 e. The first kappa shape index (κ1) is 11.8. The van der Waals surface area contributed by atoms with Crippen molar-refractivity contribution in [2.45, 2.75) is 4.90 Å². The van der Waals surface area contributed by atoms with E-state index in [0.717, 1.165) is 0 Å². The van der Waals surface area contributed by atoms with Crippen LogP contribution >= 0.6 is 0 Å². The molecule has 1 aromatic carbocycles. The first-order valence-corrected chi connectivity index (χ1v) is 6.96. The zero-order valence-electron chi connectivity index (χ0n) is 9.74. The molecule has 0 unspecified atom stereocenters. The first-order chi connectivity index (χ1) is 9.15. The molecule has 1 N–H and O–H groups in total. The van der Waals surface area contributed by atoms with E-state index >= 15 is 0 Å². The molecule has 0 bridgehead atoms. The van der Waals surface area contributed by atoms with Gasteiger partial charge >= 0.3 is 0 Å². The molecule has 0 atom stereocenters. The van der Waals surface area contributed by atoms with Gasteiger partial charge in [-0.05, 0) is 24.3 Å². The molecule has 0 radical (unpaired) electrons. The minimum atomic E-state index is -3.64. The van der Waals surface area contributed by atoms with Crippen molar-refractivity contribution in [3.05, 3.63) is 42.7 Å². The fraction of sp³-hybridized carbons (Fsp3) is 0.0833. The van der Waals surface area contributed by atoms with Gasteiger partial charge in [0.1, 0.15) is 4.90 Å². The largest absolute Gasteiger partial charge is 0.454 e. The van der Waals surface area contributed by atoms with Gasteiger partial charge < -0.3 is 9.47 Å². The Morgan fingerprint density at radius 3 is 2.79 bits per heavy atom. The Labute approximate surface area is 110 Å². The highest BCUT2D eigenvalue weighted by Crippen LogP contribution is 2.34. The van der Waals surface area contributed by atoms with Crippen LogP contribution in [-0.4, -0.2) is 20.2 Å². The second kappa shape index (κ2) is 4.43. The molecule has 98 valence electrons. The fourth-order valence-corrected chi connectivity index (χ4v) is 2.69. The Morgan fingerprint density at radius 2 is 2.00 bits per heavy atom. The topological polar surface area (TPSA) is 77.5 Å². The van der Waals surface area contributed by atoms with E-state index in [1.165, 1.54) is 18.5 Å². The summed E-state index contributed by atoms with van der Waals surface area (Å²) in [7, 11) is -3.64. The van der Waals surface area contributed by atoms with Gasteiger partial charge in [0.15, 0.2) is 11.5 Å². The first-order valence-electron chi connectivity index (χ1n) is 5.48. The molecule has 1 aromatic heterocycles. The summed E-state index contributed by atoms with van der Waals surface area (Å²) in [6.07, 6.45) is 2.80. The van der Waals surface area contributed by atoms with Crippen molar-refractivity contribution in [3.8, 4) is 11.5 Å². The van der Waals surface area contributed by atoms with E-state index in [2.05, 4.69) is 9.71 Å². The number of hydrogen-bond donors (Lipinski definition) is 1. The lowest BCUT2D eigenvalue weighted by atomic mass is 10.3. The Hall–Kier alpha value is -2.28. The molecule has 1 aliphatic rings. The van der Waals surface area contributed by atoms with Gasteiger partial charge in [0.05, 0.1) is 5.69 Å². The highest BCUT2D eigenvalue weighted by Gasteiger charge is 2.17. The van der Waals surface area contributed by atoms with E-state index in [1.54, 1.807) is 24.3 Å². The molecule has 2 aromatic rings.